The van der Waals surface area contributed by atoms with Crippen LogP contribution in [0.4, 0.5) is 5.69 Å². The summed E-state index contributed by atoms with van der Waals surface area (Å²) in [6, 6.07) is 8.05. The van der Waals surface area contributed by atoms with Crippen LogP contribution in [0.2, 0.25) is 0 Å². The highest BCUT2D eigenvalue weighted by Gasteiger charge is 2.12. The van der Waals surface area contributed by atoms with Crippen molar-refractivity contribution < 1.29 is 4.79 Å². The summed E-state index contributed by atoms with van der Waals surface area (Å²) in [6.45, 7) is 5.48. The number of amides is 1. The van der Waals surface area contributed by atoms with Crippen LogP contribution in [0.15, 0.2) is 24.3 Å². The van der Waals surface area contributed by atoms with E-state index >= 15 is 0 Å². The van der Waals surface area contributed by atoms with Gasteiger partial charge in [-0.15, -0.1) is 12.4 Å². The molecule has 4 heteroatoms. The lowest BCUT2D eigenvalue weighted by atomic mass is 10.2. The second-order valence-corrected chi connectivity index (χ2v) is 3.83. The maximum absolute atomic E-state index is 11.9. The largest absolute Gasteiger partial charge is 0.319 e. The molecule has 0 saturated heterocycles. The van der Waals surface area contributed by atoms with E-state index in [9.17, 15) is 4.79 Å². The van der Waals surface area contributed by atoms with E-state index in [0.29, 0.717) is 13.0 Å². The van der Waals surface area contributed by atoms with Gasteiger partial charge in [0.2, 0.25) is 5.91 Å². The fraction of sp³-hybridized carbons (Fsp3) is 0.462. The van der Waals surface area contributed by atoms with Gasteiger partial charge in [-0.2, -0.15) is 0 Å². The van der Waals surface area contributed by atoms with Crippen LogP contribution in [0.1, 0.15) is 18.9 Å². The number of hydrogen-bond donors (Lipinski definition) is 1. The van der Waals surface area contributed by atoms with Gasteiger partial charge in [-0.1, -0.05) is 17.7 Å². The Morgan fingerprint density at radius 3 is 2.35 bits per heavy atom. The molecule has 1 N–H and O–H groups in total. The first-order chi connectivity index (χ1) is 7.69. The standard InChI is InChI=1S/C13H20N2O.ClH/c1-4-15(13(16)9-10-14-3)12-7-5-11(2)6-8-12;/h5-8,14H,4,9-10H2,1-3H3;1H. The summed E-state index contributed by atoms with van der Waals surface area (Å²) in [5, 5.41) is 2.99. The molecule has 0 unspecified atom stereocenters. The highest BCUT2D eigenvalue weighted by molar-refractivity contribution is 5.93. The zero-order valence-electron chi connectivity index (χ0n) is 10.7. The number of nitrogens with zero attached hydrogens (tertiary/aromatic N) is 1. The predicted octanol–water partition coefficient (Wildman–Crippen LogP) is 2.38. The Morgan fingerprint density at radius 2 is 1.88 bits per heavy atom. The van der Waals surface area contributed by atoms with Crippen molar-refractivity contribution >= 4 is 24.0 Å². The minimum atomic E-state index is 0. The van der Waals surface area contributed by atoms with E-state index < -0.39 is 0 Å². The van der Waals surface area contributed by atoms with Crippen LogP contribution >= 0.6 is 12.4 Å². The number of carbonyl (C=O) groups excluding carboxylic acids is 1. The molecular weight excluding hydrogens is 236 g/mol. The van der Waals surface area contributed by atoms with Crippen molar-refractivity contribution in [2.45, 2.75) is 20.3 Å². The van der Waals surface area contributed by atoms with Gasteiger partial charge in [-0.05, 0) is 33.0 Å². The molecule has 17 heavy (non-hydrogen) atoms. The average Bonchev–Trinajstić information content (AvgIpc) is 2.30. The van der Waals surface area contributed by atoms with Gasteiger partial charge in [0, 0.05) is 25.2 Å². The highest BCUT2D eigenvalue weighted by Crippen LogP contribution is 2.15. The summed E-state index contributed by atoms with van der Waals surface area (Å²) in [5.74, 6) is 0.167. The molecule has 0 radical (unpaired) electrons. The van der Waals surface area contributed by atoms with Crippen LogP contribution in [0.3, 0.4) is 0 Å². The minimum Gasteiger partial charge on any atom is -0.319 e. The molecule has 0 aromatic heterocycles. The molecule has 3 nitrogen and oxygen atoms in total. The molecule has 1 aromatic carbocycles. The first-order valence-corrected chi connectivity index (χ1v) is 5.70. The topological polar surface area (TPSA) is 32.3 Å². The van der Waals surface area contributed by atoms with E-state index in [1.54, 1.807) is 0 Å². The van der Waals surface area contributed by atoms with Gasteiger partial charge >= 0.3 is 0 Å². The van der Waals surface area contributed by atoms with E-state index in [2.05, 4.69) is 5.32 Å². The Kier molecular flexibility index (Phi) is 7.59. The van der Waals surface area contributed by atoms with Gasteiger partial charge in [0.1, 0.15) is 0 Å². The van der Waals surface area contributed by atoms with Crippen molar-refractivity contribution in [2.24, 2.45) is 0 Å². The van der Waals surface area contributed by atoms with Crippen molar-refractivity contribution in [3.8, 4) is 0 Å². The summed E-state index contributed by atoms with van der Waals surface area (Å²) in [7, 11) is 1.86. The average molecular weight is 257 g/mol. The Bertz CT molecular complexity index is 338. The van der Waals surface area contributed by atoms with Crippen molar-refractivity contribution in [3.05, 3.63) is 29.8 Å². The van der Waals surface area contributed by atoms with Crippen molar-refractivity contribution in [1.82, 2.24) is 5.32 Å². The number of halogens is 1. The Labute approximate surface area is 110 Å². The maximum Gasteiger partial charge on any atom is 0.228 e. The number of aryl methyl sites for hydroxylation is 1. The van der Waals surface area contributed by atoms with Crippen LogP contribution in [0.5, 0.6) is 0 Å². The van der Waals surface area contributed by atoms with E-state index in [0.717, 1.165) is 12.2 Å². The number of carbonyl (C=O) groups is 1. The molecule has 0 bridgehead atoms. The number of hydrogen-bond acceptors (Lipinski definition) is 2. The van der Waals surface area contributed by atoms with Crippen molar-refractivity contribution in [2.75, 3.05) is 25.0 Å². The van der Waals surface area contributed by atoms with Crippen LogP contribution in [-0.2, 0) is 4.79 Å². The summed E-state index contributed by atoms with van der Waals surface area (Å²) in [4.78, 5) is 13.7. The van der Waals surface area contributed by atoms with Gasteiger partial charge in [-0.25, -0.2) is 0 Å². The highest BCUT2D eigenvalue weighted by atomic mass is 35.5. The normalized spacial score (nSPS) is 9.59. The van der Waals surface area contributed by atoms with Crippen LogP contribution in [0.25, 0.3) is 0 Å². The number of rotatable bonds is 5. The van der Waals surface area contributed by atoms with Gasteiger partial charge in [-0.3, -0.25) is 4.79 Å². The third kappa shape index (κ3) is 4.75. The third-order valence-electron chi connectivity index (χ3n) is 2.55. The summed E-state index contributed by atoms with van der Waals surface area (Å²) >= 11 is 0. The minimum absolute atomic E-state index is 0. The number of benzene rings is 1. The maximum atomic E-state index is 11.9. The van der Waals surface area contributed by atoms with Gasteiger partial charge in [0.25, 0.3) is 0 Å². The molecule has 0 aliphatic rings. The number of anilines is 1. The summed E-state index contributed by atoms with van der Waals surface area (Å²) in [5.41, 5.74) is 2.19. The second-order valence-electron chi connectivity index (χ2n) is 3.83. The smallest absolute Gasteiger partial charge is 0.228 e. The zero-order chi connectivity index (χ0) is 12.0. The van der Waals surface area contributed by atoms with Crippen molar-refractivity contribution in [1.29, 1.82) is 0 Å². The van der Waals surface area contributed by atoms with Gasteiger partial charge in [0.15, 0.2) is 0 Å². The SMILES string of the molecule is CCN(C(=O)CCNC)c1ccc(C)cc1.Cl. The first kappa shape index (κ1) is 15.9. The molecule has 1 amide bonds. The summed E-state index contributed by atoms with van der Waals surface area (Å²) in [6.07, 6.45) is 0.540. The molecule has 0 spiro atoms. The van der Waals surface area contributed by atoms with Crippen LogP contribution in [-0.4, -0.2) is 26.0 Å². The van der Waals surface area contributed by atoms with E-state index in [-0.39, 0.29) is 18.3 Å². The second kappa shape index (κ2) is 8.09. The quantitative estimate of drug-likeness (QED) is 0.877. The van der Waals surface area contributed by atoms with E-state index in [4.69, 9.17) is 0 Å². The molecular formula is C13H21ClN2O. The van der Waals surface area contributed by atoms with Gasteiger partial charge in [0.05, 0.1) is 0 Å². The number of nitrogens with one attached hydrogen (secondary N) is 1. The molecule has 96 valence electrons. The Morgan fingerprint density at radius 1 is 1.29 bits per heavy atom. The molecule has 1 aromatic rings. The van der Waals surface area contributed by atoms with Gasteiger partial charge < -0.3 is 10.2 Å². The molecule has 0 heterocycles. The molecule has 0 aliphatic carbocycles. The van der Waals surface area contributed by atoms with E-state index in [1.807, 2.05) is 50.1 Å². The predicted molar refractivity (Wildman–Crippen MR) is 75.0 cm³/mol. The lowest BCUT2D eigenvalue weighted by Crippen LogP contribution is -2.32. The molecule has 1 rings (SSSR count). The fourth-order valence-corrected chi connectivity index (χ4v) is 1.59. The lowest BCUT2D eigenvalue weighted by Gasteiger charge is -2.21. The first-order valence-electron chi connectivity index (χ1n) is 5.70. The molecule has 0 aliphatic heterocycles. The summed E-state index contributed by atoms with van der Waals surface area (Å²) < 4.78 is 0. The van der Waals surface area contributed by atoms with Crippen molar-refractivity contribution in [3.63, 3.8) is 0 Å². The fourth-order valence-electron chi connectivity index (χ4n) is 1.59. The molecule has 0 atom stereocenters. The van der Waals surface area contributed by atoms with Crippen LogP contribution in [0, 0.1) is 6.92 Å². The Balaban J connectivity index is 0.00000256. The van der Waals surface area contributed by atoms with Crippen LogP contribution < -0.4 is 10.2 Å². The third-order valence-corrected chi connectivity index (χ3v) is 2.55. The monoisotopic (exact) mass is 256 g/mol. The lowest BCUT2D eigenvalue weighted by molar-refractivity contribution is -0.118. The Hall–Kier alpha value is -1.06. The van der Waals surface area contributed by atoms with E-state index in [1.165, 1.54) is 5.56 Å². The molecule has 0 saturated carbocycles. The zero-order valence-corrected chi connectivity index (χ0v) is 11.5. The molecule has 0 fully saturated rings.